The first-order chi connectivity index (χ1) is 8.63. The molecule has 18 heavy (non-hydrogen) atoms. The Morgan fingerprint density at radius 3 is 2.33 bits per heavy atom. The molecule has 1 atom stereocenters. The van der Waals surface area contributed by atoms with Crippen LogP contribution >= 0.6 is 0 Å². The van der Waals surface area contributed by atoms with E-state index in [1.165, 1.54) is 5.56 Å². The summed E-state index contributed by atoms with van der Waals surface area (Å²) in [7, 11) is -0.878. The van der Waals surface area contributed by atoms with E-state index in [0.29, 0.717) is 11.5 Å². The van der Waals surface area contributed by atoms with E-state index >= 15 is 0 Å². The average Bonchev–Trinajstić information content (AvgIpc) is 2.32. The second kappa shape index (κ2) is 5.83. The molecule has 0 saturated carbocycles. The Balaban J connectivity index is 1.98. The second-order valence-electron chi connectivity index (χ2n) is 4.46. The molecule has 2 N–H and O–H groups in total. The monoisotopic (exact) mass is 259 g/mol. The van der Waals surface area contributed by atoms with Gasteiger partial charge in [-0.25, -0.2) is 0 Å². The zero-order valence-electron chi connectivity index (χ0n) is 10.4. The normalized spacial score (nSPS) is 12.3. The van der Waals surface area contributed by atoms with Crippen molar-refractivity contribution in [3.05, 3.63) is 65.2 Å². The molecule has 0 fully saturated rings. The second-order valence-corrected chi connectivity index (χ2v) is 5.92. The summed E-state index contributed by atoms with van der Waals surface area (Å²) in [6, 6.07) is 15.7. The smallest absolute Gasteiger partial charge is 0.0489 e. The Morgan fingerprint density at radius 2 is 1.67 bits per heavy atom. The summed E-state index contributed by atoms with van der Waals surface area (Å²) in [6.07, 6.45) is 0. The predicted molar refractivity (Wildman–Crippen MR) is 77.6 cm³/mol. The number of hydrogen-bond donors (Lipinski definition) is 1. The standard InChI is InChI=1S/C15H17NOS/c1-12-3-2-4-14(9-12)11-18(17)10-13-5-7-15(16)8-6-13/h2-9H,10-11,16H2,1H3. The Morgan fingerprint density at radius 1 is 1.00 bits per heavy atom. The summed E-state index contributed by atoms with van der Waals surface area (Å²) in [4.78, 5) is 0. The Bertz CT molecular complexity index is 549. The van der Waals surface area contributed by atoms with E-state index in [4.69, 9.17) is 5.73 Å². The van der Waals surface area contributed by atoms with Gasteiger partial charge in [-0.2, -0.15) is 0 Å². The summed E-state index contributed by atoms with van der Waals surface area (Å²) < 4.78 is 12.1. The van der Waals surface area contributed by atoms with Gasteiger partial charge in [-0.3, -0.25) is 4.21 Å². The zero-order valence-corrected chi connectivity index (χ0v) is 11.2. The van der Waals surface area contributed by atoms with E-state index in [2.05, 4.69) is 6.07 Å². The van der Waals surface area contributed by atoms with Crippen LogP contribution < -0.4 is 5.73 Å². The Hall–Kier alpha value is -1.61. The molecule has 0 aromatic heterocycles. The van der Waals surface area contributed by atoms with Crippen molar-refractivity contribution in [2.24, 2.45) is 0 Å². The Kier molecular flexibility index (Phi) is 4.15. The van der Waals surface area contributed by atoms with Gasteiger partial charge in [0.2, 0.25) is 0 Å². The van der Waals surface area contributed by atoms with Crippen LogP contribution in [-0.2, 0) is 22.3 Å². The maximum absolute atomic E-state index is 12.1. The molecule has 2 rings (SSSR count). The summed E-state index contributed by atoms with van der Waals surface area (Å²) in [5, 5.41) is 0. The fraction of sp³-hybridized carbons (Fsp3) is 0.200. The highest BCUT2D eigenvalue weighted by molar-refractivity contribution is 7.83. The minimum atomic E-state index is -0.878. The molecular weight excluding hydrogens is 242 g/mol. The van der Waals surface area contributed by atoms with Gasteiger partial charge < -0.3 is 5.73 Å². The van der Waals surface area contributed by atoms with E-state index in [-0.39, 0.29) is 0 Å². The molecule has 2 aromatic carbocycles. The lowest BCUT2D eigenvalue weighted by molar-refractivity contribution is 0.682. The van der Waals surface area contributed by atoms with Gasteiger partial charge in [0.1, 0.15) is 0 Å². The van der Waals surface area contributed by atoms with Gasteiger partial charge in [0, 0.05) is 28.0 Å². The third-order valence-corrected chi connectivity index (χ3v) is 4.03. The lowest BCUT2D eigenvalue weighted by Crippen LogP contribution is -2.00. The topological polar surface area (TPSA) is 43.1 Å². The first kappa shape index (κ1) is 12.8. The number of rotatable bonds is 4. The van der Waals surface area contributed by atoms with E-state index in [9.17, 15) is 4.21 Å². The number of aryl methyl sites for hydroxylation is 1. The number of hydrogen-bond acceptors (Lipinski definition) is 2. The summed E-state index contributed by atoms with van der Waals surface area (Å²) in [5.41, 5.74) is 9.76. The molecule has 0 spiro atoms. The zero-order chi connectivity index (χ0) is 13.0. The minimum absolute atomic E-state index is 0.578. The van der Waals surface area contributed by atoms with Gasteiger partial charge in [0.05, 0.1) is 0 Å². The maximum Gasteiger partial charge on any atom is 0.0489 e. The van der Waals surface area contributed by atoms with Crippen molar-refractivity contribution in [2.45, 2.75) is 18.4 Å². The van der Waals surface area contributed by atoms with Gasteiger partial charge >= 0.3 is 0 Å². The lowest BCUT2D eigenvalue weighted by atomic mass is 10.2. The molecule has 2 nitrogen and oxygen atoms in total. The molecule has 0 aliphatic rings. The molecule has 0 aliphatic heterocycles. The average molecular weight is 259 g/mol. The van der Waals surface area contributed by atoms with E-state index in [1.54, 1.807) is 0 Å². The molecular formula is C15H17NOS. The third-order valence-electron chi connectivity index (χ3n) is 2.72. The Labute approximate surface area is 110 Å². The SMILES string of the molecule is Cc1cccc(CS(=O)Cc2ccc(N)cc2)c1. The lowest BCUT2D eigenvalue weighted by Gasteiger charge is -2.04. The largest absolute Gasteiger partial charge is 0.399 e. The van der Waals surface area contributed by atoms with Crippen LogP contribution in [0.4, 0.5) is 5.69 Å². The number of nitrogens with two attached hydrogens (primary N) is 1. The first-order valence-electron chi connectivity index (χ1n) is 5.88. The number of nitrogen functional groups attached to an aromatic ring is 1. The molecule has 0 radical (unpaired) electrons. The van der Waals surface area contributed by atoms with Crippen molar-refractivity contribution in [3.8, 4) is 0 Å². The molecule has 0 heterocycles. The van der Waals surface area contributed by atoms with Crippen LogP contribution in [0.3, 0.4) is 0 Å². The summed E-state index contributed by atoms with van der Waals surface area (Å²) in [5.74, 6) is 1.18. The molecule has 0 saturated heterocycles. The van der Waals surface area contributed by atoms with Gasteiger partial charge in [0.15, 0.2) is 0 Å². The summed E-state index contributed by atoms with van der Waals surface area (Å²) in [6.45, 7) is 2.05. The molecule has 2 aromatic rings. The van der Waals surface area contributed by atoms with Crippen LogP contribution in [-0.4, -0.2) is 4.21 Å². The molecule has 1 unspecified atom stereocenters. The van der Waals surface area contributed by atoms with Crippen molar-refractivity contribution < 1.29 is 4.21 Å². The number of benzene rings is 2. The van der Waals surface area contributed by atoms with Crippen LogP contribution in [0.5, 0.6) is 0 Å². The van der Waals surface area contributed by atoms with Crippen LogP contribution in [0, 0.1) is 6.92 Å². The predicted octanol–water partition coefficient (Wildman–Crippen LogP) is 3.03. The van der Waals surface area contributed by atoms with Crippen LogP contribution in [0.2, 0.25) is 0 Å². The molecule has 3 heteroatoms. The van der Waals surface area contributed by atoms with Crippen molar-refractivity contribution in [3.63, 3.8) is 0 Å². The van der Waals surface area contributed by atoms with Crippen LogP contribution in [0.25, 0.3) is 0 Å². The minimum Gasteiger partial charge on any atom is -0.399 e. The maximum atomic E-state index is 12.1. The van der Waals surface area contributed by atoms with Gasteiger partial charge in [-0.15, -0.1) is 0 Å². The molecule has 0 bridgehead atoms. The van der Waals surface area contributed by atoms with Crippen molar-refractivity contribution in [1.82, 2.24) is 0 Å². The van der Waals surface area contributed by atoms with Crippen molar-refractivity contribution in [1.29, 1.82) is 0 Å². The quantitative estimate of drug-likeness (QED) is 0.858. The van der Waals surface area contributed by atoms with E-state index in [1.807, 2.05) is 49.4 Å². The molecule has 0 aliphatic carbocycles. The van der Waals surface area contributed by atoms with Crippen LogP contribution in [0.15, 0.2) is 48.5 Å². The van der Waals surface area contributed by atoms with Gasteiger partial charge in [-0.05, 0) is 30.2 Å². The van der Waals surface area contributed by atoms with E-state index in [0.717, 1.165) is 16.8 Å². The number of anilines is 1. The highest BCUT2D eigenvalue weighted by Gasteiger charge is 2.03. The van der Waals surface area contributed by atoms with Gasteiger partial charge in [-0.1, -0.05) is 42.0 Å². The van der Waals surface area contributed by atoms with E-state index < -0.39 is 10.8 Å². The molecule has 0 amide bonds. The third kappa shape index (κ3) is 3.70. The summed E-state index contributed by atoms with van der Waals surface area (Å²) >= 11 is 0. The van der Waals surface area contributed by atoms with Crippen molar-refractivity contribution >= 4 is 16.5 Å². The fourth-order valence-corrected chi connectivity index (χ4v) is 3.06. The fourth-order valence-electron chi connectivity index (χ4n) is 1.84. The van der Waals surface area contributed by atoms with Gasteiger partial charge in [0.25, 0.3) is 0 Å². The van der Waals surface area contributed by atoms with Crippen molar-refractivity contribution in [2.75, 3.05) is 5.73 Å². The first-order valence-corrected chi connectivity index (χ1v) is 7.37. The highest BCUT2D eigenvalue weighted by Crippen LogP contribution is 2.12. The highest BCUT2D eigenvalue weighted by atomic mass is 32.2. The molecule has 94 valence electrons. The van der Waals surface area contributed by atoms with Crippen LogP contribution in [0.1, 0.15) is 16.7 Å².